The number of piperidine rings is 1. The molecular formula is C10H17NO3. The van der Waals surface area contributed by atoms with Gasteiger partial charge in [-0.05, 0) is 20.3 Å². The molecule has 4 nitrogen and oxygen atoms in total. The first kappa shape index (κ1) is 11.0. The second kappa shape index (κ2) is 4.44. The number of methoxy groups -OCH3 is 1. The van der Waals surface area contributed by atoms with Crippen molar-refractivity contribution in [1.82, 2.24) is 4.90 Å². The molecule has 14 heavy (non-hydrogen) atoms. The standard InChI is InChI=1S/C10H17NO3/c1-7(2)11-6-8(10(13)14-3)4-5-9(11)12/h7-8H,4-6H2,1-3H3/t8-/m1/s1. The summed E-state index contributed by atoms with van der Waals surface area (Å²) < 4.78 is 4.68. The quantitative estimate of drug-likeness (QED) is 0.618. The maximum absolute atomic E-state index is 11.5. The highest BCUT2D eigenvalue weighted by Gasteiger charge is 2.31. The number of hydrogen-bond donors (Lipinski definition) is 0. The van der Waals surface area contributed by atoms with Crippen molar-refractivity contribution in [2.45, 2.75) is 32.7 Å². The van der Waals surface area contributed by atoms with Crippen molar-refractivity contribution in [3.63, 3.8) is 0 Å². The summed E-state index contributed by atoms with van der Waals surface area (Å²) in [6.45, 7) is 4.41. The molecule has 0 bridgehead atoms. The zero-order valence-electron chi connectivity index (χ0n) is 8.95. The van der Waals surface area contributed by atoms with E-state index in [4.69, 9.17) is 0 Å². The molecule has 0 spiro atoms. The molecular weight excluding hydrogens is 182 g/mol. The maximum Gasteiger partial charge on any atom is 0.310 e. The molecule has 0 aromatic heterocycles. The molecule has 0 N–H and O–H groups in total. The lowest BCUT2D eigenvalue weighted by molar-refractivity contribution is -0.151. The van der Waals surface area contributed by atoms with Crippen LogP contribution >= 0.6 is 0 Å². The third-order valence-electron chi connectivity index (χ3n) is 2.60. The summed E-state index contributed by atoms with van der Waals surface area (Å²) in [4.78, 5) is 24.5. The Morgan fingerprint density at radius 2 is 2.21 bits per heavy atom. The van der Waals surface area contributed by atoms with E-state index in [0.717, 1.165) is 0 Å². The first-order valence-electron chi connectivity index (χ1n) is 4.93. The highest BCUT2D eigenvalue weighted by molar-refractivity contribution is 5.81. The summed E-state index contributed by atoms with van der Waals surface area (Å²) in [5.74, 6) is -0.205. The van der Waals surface area contributed by atoms with Gasteiger partial charge < -0.3 is 9.64 Å². The van der Waals surface area contributed by atoms with Gasteiger partial charge in [0.15, 0.2) is 0 Å². The molecule has 1 heterocycles. The average molecular weight is 199 g/mol. The Morgan fingerprint density at radius 1 is 1.57 bits per heavy atom. The summed E-state index contributed by atoms with van der Waals surface area (Å²) in [5.41, 5.74) is 0. The van der Waals surface area contributed by atoms with Gasteiger partial charge in [0.1, 0.15) is 0 Å². The van der Waals surface area contributed by atoms with Crippen molar-refractivity contribution >= 4 is 11.9 Å². The lowest BCUT2D eigenvalue weighted by Crippen LogP contribution is -2.46. The Labute approximate surface area is 84.2 Å². The molecule has 4 heteroatoms. The molecule has 80 valence electrons. The minimum Gasteiger partial charge on any atom is -0.469 e. The smallest absolute Gasteiger partial charge is 0.310 e. The van der Waals surface area contributed by atoms with Gasteiger partial charge >= 0.3 is 5.97 Å². The molecule has 1 atom stereocenters. The molecule has 0 aliphatic carbocycles. The van der Waals surface area contributed by atoms with E-state index in [1.807, 2.05) is 13.8 Å². The largest absolute Gasteiger partial charge is 0.469 e. The van der Waals surface area contributed by atoms with Gasteiger partial charge in [0, 0.05) is 19.0 Å². The number of esters is 1. The fourth-order valence-corrected chi connectivity index (χ4v) is 1.73. The summed E-state index contributed by atoms with van der Waals surface area (Å²) in [6.07, 6.45) is 1.08. The minimum absolute atomic E-state index is 0.139. The van der Waals surface area contributed by atoms with E-state index < -0.39 is 0 Å². The van der Waals surface area contributed by atoms with E-state index in [-0.39, 0.29) is 23.8 Å². The van der Waals surface area contributed by atoms with E-state index in [2.05, 4.69) is 4.74 Å². The van der Waals surface area contributed by atoms with E-state index in [9.17, 15) is 9.59 Å². The van der Waals surface area contributed by atoms with Crippen LogP contribution in [0.15, 0.2) is 0 Å². The Bertz CT molecular complexity index is 238. The molecule has 1 aliphatic heterocycles. The second-order valence-electron chi connectivity index (χ2n) is 3.90. The number of ether oxygens (including phenoxy) is 1. The van der Waals surface area contributed by atoms with Crippen molar-refractivity contribution in [3.8, 4) is 0 Å². The van der Waals surface area contributed by atoms with Crippen molar-refractivity contribution < 1.29 is 14.3 Å². The van der Waals surface area contributed by atoms with E-state index in [1.165, 1.54) is 7.11 Å². The second-order valence-corrected chi connectivity index (χ2v) is 3.90. The van der Waals surface area contributed by atoms with E-state index in [0.29, 0.717) is 19.4 Å². The van der Waals surface area contributed by atoms with Gasteiger partial charge in [-0.1, -0.05) is 0 Å². The first-order valence-corrected chi connectivity index (χ1v) is 4.93. The van der Waals surface area contributed by atoms with Crippen LogP contribution in [0.3, 0.4) is 0 Å². The number of carbonyl (C=O) groups excluding carboxylic acids is 2. The fraction of sp³-hybridized carbons (Fsp3) is 0.800. The molecule has 0 aromatic rings. The molecule has 1 fully saturated rings. The monoisotopic (exact) mass is 199 g/mol. The molecule has 0 saturated carbocycles. The number of nitrogens with zero attached hydrogens (tertiary/aromatic N) is 1. The number of amides is 1. The van der Waals surface area contributed by atoms with E-state index >= 15 is 0 Å². The van der Waals surface area contributed by atoms with Gasteiger partial charge in [-0.25, -0.2) is 0 Å². The van der Waals surface area contributed by atoms with Crippen molar-refractivity contribution in [2.75, 3.05) is 13.7 Å². The molecule has 0 unspecified atom stereocenters. The Balaban J connectivity index is 2.62. The normalized spacial score (nSPS) is 22.7. The van der Waals surface area contributed by atoms with Crippen LogP contribution in [0.2, 0.25) is 0 Å². The fourth-order valence-electron chi connectivity index (χ4n) is 1.73. The van der Waals surface area contributed by atoms with Crippen LogP contribution in [0.4, 0.5) is 0 Å². The van der Waals surface area contributed by atoms with Crippen LogP contribution in [0.5, 0.6) is 0 Å². The zero-order valence-corrected chi connectivity index (χ0v) is 8.95. The highest BCUT2D eigenvalue weighted by atomic mass is 16.5. The van der Waals surface area contributed by atoms with E-state index in [1.54, 1.807) is 4.90 Å². The third kappa shape index (κ3) is 2.25. The number of likely N-dealkylation sites (tertiary alicyclic amines) is 1. The highest BCUT2D eigenvalue weighted by Crippen LogP contribution is 2.20. The maximum atomic E-state index is 11.5. The lowest BCUT2D eigenvalue weighted by Gasteiger charge is -2.34. The molecule has 0 radical (unpaired) electrons. The van der Waals surface area contributed by atoms with Gasteiger partial charge in [-0.3, -0.25) is 9.59 Å². The van der Waals surface area contributed by atoms with Gasteiger partial charge in [0.2, 0.25) is 5.91 Å². The predicted octanol–water partition coefficient (Wildman–Crippen LogP) is 0.806. The minimum atomic E-state index is -0.205. The molecule has 1 rings (SSSR count). The van der Waals surface area contributed by atoms with Crippen LogP contribution in [0.25, 0.3) is 0 Å². The summed E-state index contributed by atoms with van der Waals surface area (Å²) >= 11 is 0. The Kier molecular flexibility index (Phi) is 3.49. The SMILES string of the molecule is COC(=O)[C@@H]1CCC(=O)N(C(C)C)C1. The molecule has 1 saturated heterocycles. The lowest BCUT2D eigenvalue weighted by atomic mass is 9.97. The van der Waals surface area contributed by atoms with Crippen molar-refractivity contribution in [2.24, 2.45) is 5.92 Å². The van der Waals surface area contributed by atoms with Crippen LogP contribution in [-0.4, -0.2) is 36.5 Å². The van der Waals surface area contributed by atoms with Gasteiger partial charge in [-0.15, -0.1) is 0 Å². The predicted molar refractivity (Wildman–Crippen MR) is 51.6 cm³/mol. The number of hydrogen-bond acceptors (Lipinski definition) is 3. The molecule has 0 aromatic carbocycles. The van der Waals surface area contributed by atoms with Crippen LogP contribution in [-0.2, 0) is 14.3 Å². The number of carbonyl (C=O) groups is 2. The third-order valence-corrected chi connectivity index (χ3v) is 2.60. The van der Waals surface area contributed by atoms with Gasteiger partial charge in [-0.2, -0.15) is 0 Å². The van der Waals surface area contributed by atoms with Crippen molar-refractivity contribution in [1.29, 1.82) is 0 Å². The summed E-state index contributed by atoms with van der Waals surface area (Å²) in [7, 11) is 1.39. The Hall–Kier alpha value is -1.06. The number of rotatable bonds is 2. The molecule has 1 amide bonds. The van der Waals surface area contributed by atoms with Crippen LogP contribution in [0.1, 0.15) is 26.7 Å². The summed E-state index contributed by atoms with van der Waals surface area (Å²) in [5, 5.41) is 0. The molecule has 1 aliphatic rings. The van der Waals surface area contributed by atoms with Gasteiger partial charge in [0.25, 0.3) is 0 Å². The van der Waals surface area contributed by atoms with Crippen molar-refractivity contribution in [3.05, 3.63) is 0 Å². The van der Waals surface area contributed by atoms with Crippen LogP contribution < -0.4 is 0 Å². The van der Waals surface area contributed by atoms with Crippen LogP contribution in [0, 0.1) is 5.92 Å². The Morgan fingerprint density at radius 3 is 2.71 bits per heavy atom. The zero-order chi connectivity index (χ0) is 10.7. The van der Waals surface area contributed by atoms with Gasteiger partial charge in [0.05, 0.1) is 13.0 Å². The average Bonchev–Trinajstić information content (AvgIpc) is 2.17. The first-order chi connectivity index (χ1) is 6.56. The summed E-state index contributed by atoms with van der Waals surface area (Å²) in [6, 6.07) is 0.162. The topological polar surface area (TPSA) is 46.6 Å².